The average Bonchev–Trinajstić information content (AvgIpc) is 3.02. The summed E-state index contributed by atoms with van der Waals surface area (Å²) in [6.07, 6.45) is 0. The lowest BCUT2D eigenvalue weighted by molar-refractivity contribution is 0.102. The number of thiazole rings is 1. The van der Waals surface area contributed by atoms with E-state index in [1.54, 1.807) is 0 Å². The molecule has 0 saturated heterocycles. The first-order valence-corrected chi connectivity index (χ1v) is 7.98. The van der Waals surface area contributed by atoms with Gasteiger partial charge < -0.3 is 9.47 Å². The zero-order valence-electron chi connectivity index (χ0n) is 13.7. The summed E-state index contributed by atoms with van der Waals surface area (Å²) in [5.74, 6) is -0.147. The molecule has 1 amide bonds. The summed E-state index contributed by atoms with van der Waals surface area (Å²) in [5.41, 5.74) is 3.23. The Kier molecular flexibility index (Phi) is 4.30. The van der Waals surface area contributed by atoms with Crippen LogP contribution in [0.15, 0.2) is 18.2 Å². The first-order chi connectivity index (χ1) is 11.5. The number of aryl methyl sites for hydroxylation is 2. The van der Waals surface area contributed by atoms with Crippen LogP contribution in [0.4, 0.5) is 5.13 Å². The van der Waals surface area contributed by atoms with Crippen molar-refractivity contribution in [3.05, 3.63) is 35.0 Å². The molecule has 1 N–H and O–H groups in total. The molecule has 2 aromatic heterocycles. The monoisotopic (exact) mass is 344 g/mol. The Bertz CT molecular complexity index is 862. The molecular weight excluding hydrogens is 328 g/mol. The number of benzene rings is 1. The van der Waals surface area contributed by atoms with Gasteiger partial charge >= 0.3 is 6.01 Å². The minimum Gasteiger partial charge on any atom is -0.481 e. The Morgan fingerprint density at radius 2 is 1.83 bits per heavy atom. The normalized spacial score (nSPS) is 10.7. The third-order valence-electron chi connectivity index (χ3n) is 3.47. The van der Waals surface area contributed by atoms with Crippen LogP contribution in [-0.2, 0) is 0 Å². The van der Waals surface area contributed by atoms with Gasteiger partial charge in [-0.25, -0.2) is 4.98 Å². The van der Waals surface area contributed by atoms with Crippen LogP contribution in [0.25, 0.3) is 10.2 Å². The van der Waals surface area contributed by atoms with Gasteiger partial charge in [0, 0.05) is 6.07 Å². The highest BCUT2D eigenvalue weighted by molar-refractivity contribution is 7.22. The molecule has 0 atom stereocenters. The molecule has 8 heteroatoms. The first-order valence-electron chi connectivity index (χ1n) is 7.17. The molecule has 0 aliphatic rings. The van der Waals surface area contributed by atoms with E-state index < -0.39 is 5.91 Å². The van der Waals surface area contributed by atoms with Crippen LogP contribution in [0.3, 0.4) is 0 Å². The molecule has 3 aromatic rings. The van der Waals surface area contributed by atoms with Gasteiger partial charge in [-0.05, 0) is 25.0 Å². The fourth-order valence-corrected chi connectivity index (χ4v) is 3.20. The molecule has 0 saturated carbocycles. The van der Waals surface area contributed by atoms with E-state index in [1.165, 1.54) is 31.6 Å². The number of carbonyl (C=O) groups is 1. The summed E-state index contributed by atoms with van der Waals surface area (Å²) >= 11 is 1.43. The van der Waals surface area contributed by atoms with Crippen LogP contribution < -0.4 is 14.8 Å². The molecule has 0 aliphatic carbocycles. The lowest BCUT2D eigenvalue weighted by Gasteiger charge is -2.05. The van der Waals surface area contributed by atoms with E-state index in [-0.39, 0.29) is 17.6 Å². The van der Waals surface area contributed by atoms with Gasteiger partial charge in [0.15, 0.2) is 5.13 Å². The molecule has 0 spiro atoms. The van der Waals surface area contributed by atoms with Crippen molar-refractivity contribution in [1.29, 1.82) is 0 Å². The maximum Gasteiger partial charge on any atom is 0.320 e. The number of methoxy groups -OCH3 is 2. The lowest BCUT2D eigenvalue weighted by Crippen LogP contribution is -2.14. The van der Waals surface area contributed by atoms with Gasteiger partial charge in [-0.1, -0.05) is 23.5 Å². The zero-order valence-corrected chi connectivity index (χ0v) is 14.5. The van der Waals surface area contributed by atoms with Crippen LogP contribution in [0.2, 0.25) is 0 Å². The number of aromatic nitrogens is 3. The fraction of sp³-hybridized carbons (Fsp3) is 0.250. The van der Waals surface area contributed by atoms with Crippen molar-refractivity contribution in [2.45, 2.75) is 13.8 Å². The quantitative estimate of drug-likeness (QED) is 0.783. The topological polar surface area (TPSA) is 86.2 Å². The number of anilines is 1. The summed E-state index contributed by atoms with van der Waals surface area (Å²) in [4.78, 5) is 25.0. The molecule has 2 heterocycles. The molecule has 3 rings (SSSR count). The van der Waals surface area contributed by atoms with Gasteiger partial charge in [-0.15, -0.1) is 0 Å². The third kappa shape index (κ3) is 3.00. The lowest BCUT2D eigenvalue weighted by atomic mass is 10.1. The molecule has 1 aromatic carbocycles. The van der Waals surface area contributed by atoms with Crippen LogP contribution >= 0.6 is 11.3 Å². The summed E-state index contributed by atoms with van der Waals surface area (Å²) in [7, 11) is 2.89. The number of ether oxygens (including phenoxy) is 2. The van der Waals surface area contributed by atoms with Gasteiger partial charge in [-0.2, -0.15) is 9.97 Å². The van der Waals surface area contributed by atoms with Crippen LogP contribution in [0.5, 0.6) is 11.9 Å². The molecule has 124 valence electrons. The molecule has 24 heavy (non-hydrogen) atoms. The van der Waals surface area contributed by atoms with Crippen molar-refractivity contribution < 1.29 is 14.3 Å². The second-order valence-corrected chi connectivity index (χ2v) is 6.13. The van der Waals surface area contributed by atoms with Gasteiger partial charge in [0.2, 0.25) is 5.88 Å². The second-order valence-electron chi connectivity index (χ2n) is 5.13. The van der Waals surface area contributed by atoms with Gasteiger partial charge in [0.25, 0.3) is 5.91 Å². The van der Waals surface area contributed by atoms with E-state index in [0.717, 1.165) is 21.3 Å². The molecule has 0 bridgehead atoms. The largest absolute Gasteiger partial charge is 0.481 e. The van der Waals surface area contributed by atoms with Crippen molar-refractivity contribution in [1.82, 2.24) is 15.0 Å². The highest BCUT2D eigenvalue weighted by Crippen LogP contribution is 2.31. The average molecular weight is 344 g/mol. The van der Waals surface area contributed by atoms with E-state index in [1.807, 2.05) is 26.0 Å². The number of nitrogens with zero attached hydrogens (tertiary/aromatic N) is 3. The summed E-state index contributed by atoms with van der Waals surface area (Å²) in [5, 5.41) is 3.29. The van der Waals surface area contributed by atoms with Crippen LogP contribution in [0, 0.1) is 13.8 Å². The number of fused-ring (bicyclic) bond motifs is 1. The second kappa shape index (κ2) is 6.40. The Labute approximate surface area is 142 Å². The predicted molar refractivity (Wildman–Crippen MR) is 92.2 cm³/mol. The van der Waals surface area contributed by atoms with E-state index in [0.29, 0.717) is 5.13 Å². The molecule has 7 nitrogen and oxygen atoms in total. The number of amides is 1. The maximum atomic E-state index is 12.5. The smallest absolute Gasteiger partial charge is 0.320 e. The Morgan fingerprint density at radius 1 is 1.08 bits per heavy atom. The van der Waals surface area contributed by atoms with Crippen molar-refractivity contribution in [2.24, 2.45) is 0 Å². The first kappa shape index (κ1) is 16.1. The summed E-state index contributed by atoms with van der Waals surface area (Å²) < 4.78 is 11.1. The molecule has 0 aliphatic heterocycles. The Balaban J connectivity index is 1.92. The summed E-state index contributed by atoms with van der Waals surface area (Å²) in [6.45, 7) is 4.01. The zero-order chi connectivity index (χ0) is 17.3. The minimum atomic E-state index is -0.400. The minimum absolute atomic E-state index is 0.0653. The SMILES string of the molecule is COc1cc(C(=O)Nc2nc3c(C)ccc(C)c3s2)nc(OC)n1. The third-order valence-corrected chi connectivity index (χ3v) is 4.58. The van der Waals surface area contributed by atoms with Crippen molar-refractivity contribution in [3.63, 3.8) is 0 Å². The van der Waals surface area contributed by atoms with E-state index in [2.05, 4.69) is 20.3 Å². The standard InChI is InChI=1S/C16H16N4O3S/c1-8-5-6-9(2)13-12(8)19-16(24-13)20-14(21)10-7-11(22-3)18-15(17-10)23-4/h5-7H,1-4H3,(H,19,20,21). The Morgan fingerprint density at radius 3 is 2.50 bits per heavy atom. The van der Waals surface area contributed by atoms with Crippen LogP contribution in [-0.4, -0.2) is 35.1 Å². The number of rotatable bonds is 4. The molecule has 0 radical (unpaired) electrons. The number of hydrogen-bond acceptors (Lipinski definition) is 7. The fourth-order valence-electron chi connectivity index (χ4n) is 2.19. The Hall–Kier alpha value is -2.74. The highest BCUT2D eigenvalue weighted by atomic mass is 32.1. The number of nitrogens with one attached hydrogen (secondary N) is 1. The van der Waals surface area contributed by atoms with Crippen LogP contribution in [0.1, 0.15) is 21.6 Å². The van der Waals surface area contributed by atoms with Crippen molar-refractivity contribution in [2.75, 3.05) is 19.5 Å². The van der Waals surface area contributed by atoms with Gasteiger partial charge in [0.05, 0.1) is 24.4 Å². The van der Waals surface area contributed by atoms with E-state index in [4.69, 9.17) is 9.47 Å². The highest BCUT2D eigenvalue weighted by Gasteiger charge is 2.16. The number of hydrogen-bond donors (Lipinski definition) is 1. The molecular formula is C16H16N4O3S. The summed E-state index contributed by atoms with van der Waals surface area (Å²) in [6, 6.07) is 5.57. The van der Waals surface area contributed by atoms with E-state index >= 15 is 0 Å². The van der Waals surface area contributed by atoms with Gasteiger partial charge in [0.1, 0.15) is 5.69 Å². The van der Waals surface area contributed by atoms with Crippen molar-refractivity contribution >= 4 is 32.6 Å². The molecule has 0 fully saturated rings. The molecule has 0 unspecified atom stereocenters. The predicted octanol–water partition coefficient (Wildman–Crippen LogP) is 2.97. The van der Waals surface area contributed by atoms with Gasteiger partial charge in [-0.3, -0.25) is 10.1 Å². The van der Waals surface area contributed by atoms with Crippen molar-refractivity contribution in [3.8, 4) is 11.9 Å². The maximum absolute atomic E-state index is 12.5. The van der Waals surface area contributed by atoms with E-state index in [9.17, 15) is 4.79 Å². The number of carbonyl (C=O) groups excluding carboxylic acids is 1.